The summed E-state index contributed by atoms with van der Waals surface area (Å²) in [5, 5.41) is 8.85. The van der Waals surface area contributed by atoms with Gasteiger partial charge in [0.2, 0.25) is 5.67 Å². The maximum absolute atomic E-state index is 14.0. The number of hydrogen-bond acceptors (Lipinski definition) is 5. The SMILES string of the molecule is COCCS(=O)(=O)c1ccc(C(=O)N2CCC(F)(C(=O)O)C2)cc1. The molecule has 1 fully saturated rings. The van der Waals surface area contributed by atoms with Crippen LogP contribution >= 0.6 is 0 Å². The van der Waals surface area contributed by atoms with E-state index in [1.807, 2.05) is 0 Å². The Kier molecular flexibility index (Phi) is 5.24. The van der Waals surface area contributed by atoms with E-state index in [4.69, 9.17) is 9.84 Å². The van der Waals surface area contributed by atoms with Gasteiger partial charge in [0.05, 0.1) is 23.8 Å². The lowest BCUT2D eigenvalue weighted by atomic mass is 10.1. The van der Waals surface area contributed by atoms with Gasteiger partial charge in [-0.05, 0) is 24.3 Å². The number of nitrogens with zero attached hydrogens (tertiary/aromatic N) is 1. The summed E-state index contributed by atoms with van der Waals surface area (Å²) in [6, 6.07) is 5.27. The molecule has 1 atom stereocenters. The number of halogens is 1. The monoisotopic (exact) mass is 359 g/mol. The summed E-state index contributed by atoms with van der Waals surface area (Å²) in [4.78, 5) is 24.3. The van der Waals surface area contributed by atoms with Gasteiger partial charge in [0.15, 0.2) is 9.84 Å². The maximum Gasteiger partial charge on any atom is 0.343 e. The van der Waals surface area contributed by atoms with Crippen molar-refractivity contribution in [3.63, 3.8) is 0 Å². The minimum absolute atomic E-state index is 0.00444. The van der Waals surface area contributed by atoms with Crippen molar-refractivity contribution in [2.24, 2.45) is 0 Å². The molecular weight excluding hydrogens is 341 g/mol. The Balaban J connectivity index is 2.11. The fourth-order valence-corrected chi connectivity index (χ4v) is 3.59. The number of hydrogen-bond donors (Lipinski definition) is 1. The Bertz CT molecular complexity index is 733. The molecule has 132 valence electrons. The van der Waals surface area contributed by atoms with Gasteiger partial charge in [-0.1, -0.05) is 0 Å². The van der Waals surface area contributed by atoms with Gasteiger partial charge >= 0.3 is 5.97 Å². The van der Waals surface area contributed by atoms with Gasteiger partial charge in [0.25, 0.3) is 5.91 Å². The Morgan fingerprint density at radius 2 is 1.96 bits per heavy atom. The van der Waals surface area contributed by atoms with Gasteiger partial charge in [-0.25, -0.2) is 17.6 Å². The molecule has 1 aromatic rings. The number of alkyl halides is 1. The zero-order valence-electron chi connectivity index (χ0n) is 13.1. The van der Waals surface area contributed by atoms with Crippen LogP contribution in [0, 0.1) is 0 Å². The second-order valence-corrected chi connectivity index (χ2v) is 7.69. The van der Waals surface area contributed by atoms with Crippen molar-refractivity contribution in [2.75, 3.05) is 32.6 Å². The van der Waals surface area contributed by atoms with E-state index in [0.29, 0.717) is 0 Å². The van der Waals surface area contributed by atoms with Crippen molar-refractivity contribution in [1.29, 1.82) is 0 Å². The molecule has 7 nitrogen and oxygen atoms in total. The molecule has 1 amide bonds. The molecule has 0 aliphatic carbocycles. The Hall–Kier alpha value is -2.00. The normalized spacial score (nSPS) is 21.0. The Labute approximate surface area is 138 Å². The van der Waals surface area contributed by atoms with E-state index >= 15 is 0 Å². The number of rotatable bonds is 6. The van der Waals surface area contributed by atoms with Gasteiger partial charge in [0, 0.05) is 25.6 Å². The molecule has 1 aromatic carbocycles. The van der Waals surface area contributed by atoms with Gasteiger partial charge in [0.1, 0.15) is 0 Å². The van der Waals surface area contributed by atoms with E-state index in [9.17, 15) is 22.4 Å². The number of carboxylic acids is 1. The summed E-state index contributed by atoms with van der Waals surface area (Å²) < 4.78 is 42.8. The predicted octanol–water partition coefficient (Wildman–Crippen LogP) is 0.745. The van der Waals surface area contributed by atoms with Crippen molar-refractivity contribution in [1.82, 2.24) is 4.90 Å². The maximum atomic E-state index is 14.0. The summed E-state index contributed by atoms with van der Waals surface area (Å²) in [6.45, 7) is -0.463. The first kappa shape index (κ1) is 18.3. The number of amides is 1. The van der Waals surface area contributed by atoms with Crippen LogP contribution in [0.3, 0.4) is 0 Å². The third kappa shape index (κ3) is 3.73. The molecule has 0 spiro atoms. The lowest BCUT2D eigenvalue weighted by Gasteiger charge is -2.18. The summed E-state index contributed by atoms with van der Waals surface area (Å²) >= 11 is 0. The summed E-state index contributed by atoms with van der Waals surface area (Å²) in [5.74, 6) is -2.29. The van der Waals surface area contributed by atoms with Crippen molar-refractivity contribution in [3.8, 4) is 0 Å². The fourth-order valence-electron chi connectivity index (χ4n) is 2.42. The number of ether oxygens (including phenoxy) is 1. The van der Waals surface area contributed by atoms with Gasteiger partial charge in [-0.15, -0.1) is 0 Å². The van der Waals surface area contributed by atoms with E-state index in [2.05, 4.69) is 0 Å². The molecule has 2 rings (SSSR count). The number of sulfone groups is 1. The average molecular weight is 359 g/mol. The first-order valence-electron chi connectivity index (χ1n) is 7.23. The van der Waals surface area contributed by atoms with Crippen LogP contribution < -0.4 is 0 Å². The highest BCUT2D eigenvalue weighted by atomic mass is 32.2. The molecule has 9 heteroatoms. The second kappa shape index (κ2) is 6.86. The molecule has 1 aliphatic heterocycles. The van der Waals surface area contributed by atoms with E-state index in [1.54, 1.807) is 0 Å². The lowest BCUT2D eigenvalue weighted by molar-refractivity contribution is -0.149. The van der Waals surface area contributed by atoms with E-state index in [-0.39, 0.29) is 35.8 Å². The molecule has 1 saturated heterocycles. The molecule has 1 heterocycles. The number of carbonyl (C=O) groups is 2. The Morgan fingerprint density at radius 3 is 2.46 bits per heavy atom. The highest BCUT2D eigenvalue weighted by molar-refractivity contribution is 7.91. The van der Waals surface area contributed by atoms with Crippen molar-refractivity contribution in [2.45, 2.75) is 17.0 Å². The van der Waals surface area contributed by atoms with Crippen LogP contribution in [0.1, 0.15) is 16.8 Å². The quantitative estimate of drug-likeness (QED) is 0.804. The minimum Gasteiger partial charge on any atom is -0.479 e. The first-order valence-corrected chi connectivity index (χ1v) is 8.88. The smallest absolute Gasteiger partial charge is 0.343 e. The minimum atomic E-state index is -3.50. The summed E-state index contributed by atoms with van der Waals surface area (Å²) in [5.41, 5.74) is -2.26. The Morgan fingerprint density at radius 1 is 1.33 bits per heavy atom. The van der Waals surface area contributed by atoms with Gasteiger partial charge < -0.3 is 14.7 Å². The molecule has 0 radical (unpaired) electrons. The molecule has 0 saturated carbocycles. The molecule has 0 bridgehead atoms. The van der Waals surface area contributed by atoms with E-state index < -0.39 is 33.9 Å². The topological polar surface area (TPSA) is 101 Å². The van der Waals surface area contributed by atoms with Gasteiger partial charge in [-0.2, -0.15) is 0 Å². The number of carbonyl (C=O) groups excluding carboxylic acids is 1. The number of likely N-dealkylation sites (tertiary alicyclic amines) is 1. The fraction of sp³-hybridized carbons (Fsp3) is 0.467. The summed E-state index contributed by atoms with van der Waals surface area (Å²) in [6.07, 6.45) is -0.266. The number of methoxy groups -OCH3 is 1. The van der Waals surface area contributed by atoms with Crippen LogP contribution in [0.4, 0.5) is 4.39 Å². The van der Waals surface area contributed by atoms with Crippen LogP contribution in [0.5, 0.6) is 0 Å². The van der Waals surface area contributed by atoms with Crippen molar-refractivity contribution >= 4 is 21.7 Å². The van der Waals surface area contributed by atoms with Crippen LogP contribution in [0.2, 0.25) is 0 Å². The van der Waals surface area contributed by atoms with Crippen LogP contribution in [-0.2, 0) is 19.4 Å². The zero-order chi connectivity index (χ0) is 18.0. The highest BCUT2D eigenvalue weighted by Gasteiger charge is 2.46. The average Bonchev–Trinajstić information content (AvgIpc) is 2.96. The second-order valence-electron chi connectivity index (χ2n) is 5.58. The lowest BCUT2D eigenvalue weighted by Crippen LogP contribution is -2.38. The summed E-state index contributed by atoms with van der Waals surface area (Å²) in [7, 11) is -2.10. The molecule has 24 heavy (non-hydrogen) atoms. The standard InChI is InChI=1S/C15H18FNO6S/c1-23-8-9-24(21,22)12-4-2-11(3-5-12)13(18)17-7-6-15(16,10-17)14(19)20/h2-5H,6-10H2,1H3,(H,19,20). The van der Waals surface area contributed by atoms with Crippen LogP contribution in [0.25, 0.3) is 0 Å². The molecule has 1 N–H and O–H groups in total. The van der Waals surface area contributed by atoms with E-state index in [0.717, 1.165) is 4.90 Å². The number of aliphatic carboxylic acids is 1. The van der Waals surface area contributed by atoms with Crippen LogP contribution in [-0.4, -0.2) is 68.5 Å². The van der Waals surface area contributed by atoms with Gasteiger partial charge in [-0.3, -0.25) is 4.79 Å². The number of carboxylic acid groups (broad SMARTS) is 1. The van der Waals surface area contributed by atoms with Crippen molar-refractivity contribution < 1.29 is 32.2 Å². The number of benzene rings is 1. The first-order chi connectivity index (χ1) is 11.2. The zero-order valence-corrected chi connectivity index (χ0v) is 13.9. The largest absolute Gasteiger partial charge is 0.479 e. The third-order valence-electron chi connectivity index (χ3n) is 3.91. The van der Waals surface area contributed by atoms with Crippen molar-refractivity contribution in [3.05, 3.63) is 29.8 Å². The third-order valence-corrected chi connectivity index (χ3v) is 5.60. The molecule has 0 aromatic heterocycles. The highest BCUT2D eigenvalue weighted by Crippen LogP contribution is 2.27. The van der Waals surface area contributed by atoms with E-state index in [1.165, 1.54) is 31.4 Å². The van der Waals surface area contributed by atoms with Crippen LogP contribution in [0.15, 0.2) is 29.2 Å². The molecule has 1 aliphatic rings. The predicted molar refractivity (Wildman–Crippen MR) is 82.4 cm³/mol. The molecular formula is C15H18FNO6S. The molecule has 1 unspecified atom stereocenters.